The fraction of sp³-hybridized carbons (Fsp3) is 0.250. The monoisotopic (exact) mass is 112 g/mol. The van der Waals surface area contributed by atoms with Crippen molar-refractivity contribution in [1.29, 1.82) is 0 Å². The van der Waals surface area contributed by atoms with E-state index in [9.17, 15) is 0 Å². The average Bonchev–Trinajstić information content (AvgIpc) is 1.69. The Labute approximate surface area is 46.4 Å². The van der Waals surface area contributed by atoms with Gasteiger partial charge in [0.25, 0.3) is 0 Å². The maximum Gasteiger partial charge on any atom is 0.342 e. The van der Waals surface area contributed by atoms with E-state index in [1.54, 1.807) is 6.20 Å². The maximum absolute atomic E-state index is 4.31. The molecule has 0 atom stereocenters. The zero-order valence-electron chi connectivity index (χ0n) is 4.09. The van der Waals surface area contributed by atoms with Gasteiger partial charge in [-0.2, -0.15) is 0 Å². The molecule has 0 aliphatic heterocycles. The van der Waals surface area contributed by atoms with Gasteiger partial charge in [0.15, 0.2) is 6.40 Å². The summed E-state index contributed by atoms with van der Waals surface area (Å²) in [6.07, 6.45) is 4.72. The molecule has 2 nitrogen and oxygen atoms in total. The lowest BCUT2D eigenvalue weighted by molar-refractivity contribution is 0.640. The molecule has 0 aromatic carbocycles. The number of aliphatic imine (C=N–C) groups is 1. The largest absolute Gasteiger partial charge is 0.533 e. The molecular weight excluding hydrogens is 106 g/mol. The predicted octanol–water partition coefficient (Wildman–Crippen LogP) is 0.648. The average molecular weight is 112 g/mol. The Morgan fingerprint density at radius 1 is 1.71 bits per heavy atom. The zero-order valence-corrected chi connectivity index (χ0v) is 5.09. The van der Waals surface area contributed by atoms with Gasteiger partial charge in [0.05, 0.1) is 0 Å². The van der Waals surface area contributed by atoms with E-state index in [1.165, 1.54) is 6.40 Å². The Morgan fingerprint density at radius 3 is 2.86 bits per heavy atom. The van der Waals surface area contributed by atoms with E-state index in [-0.39, 0.29) is 0 Å². The third-order valence-corrected chi connectivity index (χ3v) is 0.454. The number of allylic oxidation sites excluding steroid dienone is 1. The van der Waals surface area contributed by atoms with Crippen LogP contribution in [0.2, 0.25) is 0 Å². The van der Waals surface area contributed by atoms with Crippen molar-refractivity contribution in [3.05, 3.63) is 12.3 Å². The highest BCUT2D eigenvalue weighted by atomic mass is 28.2. The standard InChI is InChI=1S/C4H6NOSi/c1-2-3-5-4-6-7/h2-4H,1H3/b3-2-,5-4?. The minimum Gasteiger partial charge on any atom is -0.533 e. The fourth-order valence-corrected chi connectivity index (χ4v) is 0.212. The summed E-state index contributed by atoms with van der Waals surface area (Å²) in [5, 5.41) is 0. The first-order chi connectivity index (χ1) is 3.41. The quantitative estimate of drug-likeness (QED) is 0.292. The Bertz CT molecular complexity index is 79.8. The molecule has 3 heteroatoms. The van der Waals surface area contributed by atoms with Crippen LogP contribution in [-0.4, -0.2) is 16.9 Å². The molecule has 0 amide bonds. The molecule has 0 heterocycles. The van der Waals surface area contributed by atoms with Gasteiger partial charge in [0.2, 0.25) is 0 Å². The van der Waals surface area contributed by atoms with Crippen molar-refractivity contribution >= 4 is 16.9 Å². The zero-order chi connectivity index (χ0) is 5.54. The molecule has 0 bridgehead atoms. The van der Waals surface area contributed by atoms with Crippen LogP contribution in [0.15, 0.2) is 17.3 Å². The Hall–Kier alpha value is -0.573. The predicted molar refractivity (Wildman–Crippen MR) is 30.1 cm³/mol. The van der Waals surface area contributed by atoms with Gasteiger partial charge in [0.1, 0.15) is 0 Å². The van der Waals surface area contributed by atoms with Crippen molar-refractivity contribution in [2.75, 3.05) is 0 Å². The highest BCUT2D eigenvalue weighted by Gasteiger charge is 1.56. The number of hydrogen-bond acceptors (Lipinski definition) is 2. The molecule has 37 valence electrons. The van der Waals surface area contributed by atoms with Crippen LogP contribution in [-0.2, 0) is 4.43 Å². The number of nitrogens with zero attached hydrogens (tertiary/aromatic N) is 1. The molecule has 0 aliphatic carbocycles. The molecule has 0 aromatic rings. The van der Waals surface area contributed by atoms with Crippen LogP contribution in [0.3, 0.4) is 0 Å². The highest BCUT2D eigenvalue weighted by molar-refractivity contribution is 6.02. The van der Waals surface area contributed by atoms with Crippen LogP contribution in [0.5, 0.6) is 0 Å². The van der Waals surface area contributed by atoms with Gasteiger partial charge < -0.3 is 4.43 Å². The Morgan fingerprint density at radius 2 is 2.43 bits per heavy atom. The van der Waals surface area contributed by atoms with Crippen LogP contribution < -0.4 is 0 Å². The fourth-order valence-electron chi connectivity index (χ4n) is 0.152. The lowest BCUT2D eigenvalue weighted by Crippen LogP contribution is -1.74. The first kappa shape index (κ1) is 6.43. The molecule has 3 radical (unpaired) electrons. The highest BCUT2D eigenvalue weighted by Crippen LogP contribution is 1.68. The first-order valence-electron chi connectivity index (χ1n) is 1.87. The lowest BCUT2D eigenvalue weighted by atomic mass is 10.7. The van der Waals surface area contributed by atoms with E-state index in [4.69, 9.17) is 0 Å². The molecule has 0 aromatic heterocycles. The topological polar surface area (TPSA) is 21.6 Å². The van der Waals surface area contributed by atoms with Crippen LogP contribution >= 0.6 is 0 Å². The molecule has 0 fully saturated rings. The lowest BCUT2D eigenvalue weighted by Gasteiger charge is -1.77. The van der Waals surface area contributed by atoms with Gasteiger partial charge >= 0.3 is 10.5 Å². The second kappa shape index (κ2) is 5.43. The summed E-state index contributed by atoms with van der Waals surface area (Å²) in [6, 6.07) is 0. The van der Waals surface area contributed by atoms with Crippen molar-refractivity contribution in [3.63, 3.8) is 0 Å². The minimum absolute atomic E-state index is 1.29. The summed E-state index contributed by atoms with van der Waals surface area (Å²) in [6.45, 7) is 1.88. The van der Waals surface area contributed by atoms with Crippen molar-refractivity contribution in [1.82, 2.24) is 0 Å². The molecule has 0 aliphatic rings. The molecule has 0 N–H and O–H groups in total. The molecule has 7 heavy (non-hydrogen) atoms. The van der Waals surface area contributed by atoms with Gasteiger partial charge in [0, 0.05) is 6.20 Å². The molecule has 0 rings (SSSR count). The van der Waals surface area contributed by atoms with Crippen molar-refractivity contribution in [3.8, 4) is 0 Å². The minimum atomic E-state index is 1.29. The van der Waals surface area contributed by atoms with Gasteiger partial charge in [-0.25, -0.2) is 4.99 Å². The SMILES string of the molecule is C/C=C\N=CO[Si]. The number of hydrogen-bond donors (Lipinski definition) is 0. The molecule has 0 unspecified atom stereocenters. The van der Waals surface area contributed by atoms with E-state index in [0.717, 1.165) is 0 Å². The Kier molecular flexibility index (Phi) is 4.98. The summed E-state index contributed by atoms with van der Waals surface area (Å²) in [4.78, 5) is 3.63. The summed E-state index contributed by atoms with van der Waals surface area (Å²) in [7, 11) is 2.74. The van der Waals surface area contributed by atoms with E-state index < -0.39 is 0 Å². The third kappa shape index (κ3) is 5.43. The Balaban J connectivity index is 3.09. The van der Waals surface area contributed by atoms with Gasteiger partial charge in [-0.05, 0) is 6.92 Å². The molecular formula is C4H6NOSi. The normalized spacial score (nSPS) is 11.1. The second-order valence-electron chi connectivity index (χ2n) is 0.855. The number of rotatable bonds is 2. The summed E-state index contributed by atoms with van der Waals surface area (Å²) < 4.78 is 4.31. The van der Waals surface area contributed by atoms with E-state index in [1.807, 2.05) is 13.0 Å². The molecule has 0 saturated carbocycles. The van der Waals surface area contributed by atoms with E-state index in [2.05, 4.69) is 19.9 Å². The van der Waals surface area contributed by atoms with Gasteiger partial charge in [-0.15, -0.1) is 0 Å². The van der Waals surface area contributed by atoms with Crippen LogP contribution in [0, 0.1) is 0 Å². The van der Waals surface area contributed by atoms with E-state index >= 15 is 0 Å². The molecule has 0 spiro atoms. The van der Waals surface area contributed by atoms with Crippen LogP contribution in [0.4, 0.5) is 0 Å². The van der Waals surface area contributed by atoms with Crippen LogP contribution in [0.25, 0.3) is 0 Å². The maximum atomic E-state index is 4.31. The summed E-state index contributed by atoms with van der Waals surface area (Å²) in [5.41, 5.74) is 0. The molecule has 0 saturated heterocycles. The smallest absolute Gasteiger partial charge is 0.342 e. The first-order valence-corrected chi connectivity index (χ1v) is 2.28. The van der Waals surface area contributed by atoms with Crippen molar-refractivity contribution in [2.24, 2.45) is 4.99 Å². The second-order valence-corrected chi connectivity index (χ2v) is 1.09. The summed E-state index contributed by atoms with van der Waals surface area (Å²) in [5.74, 6) is 0. The van der Waals surface area contributed by atoms with Crippen LogP contribution in [0.1, 0.15) is 6.92 Å². The summed E-state index contributed by atoms with van der Waals surface area (Å²) >= 11 is 0. The van der Waals surface area contributed by atoms with Crippen molar-refractivity contribution in [2.45, 2.75) is 6.92 Å². The van der Waals surface area contributed by atoms with Gasteiger partial charge in [-0.3, -0.25) is 0 Å². The third-order valence-electron chi connectivity index (χ3n) is 0.349. The van der Waals surface area contributed by atoms with E-state index in [0.29, 0.717) is 0 Å². The van der Waals surface area contributed by atoms with Crippen molar-refractivity contribution < 1.29 is 4.43 Å². The van der Waals surface area contributed by atoms with Gasteiger partial charge in [-0.1, -0.05) is 6.08 Å².